The zero-order valence-corrected chi connectivity index (χ0v) is 11.7. The second-order valence-electron chi connectivity index (χ2n) is 4.76. The first kappa shape index (κ1) is 13.3. The minimum Gasteiger partial charge on any atom is -0.383 e. The van der Waals surface area contributed by atoms with Crippen molar-refractivity contribution in [1.82, 2.24) is 9.97 Å². The second-order valence-corrected chi connectivity index (χ2v) is 4.76. The van der Waals surface area contributed by atoms with Gasteiger partial charge < -0.3 is 10.6 Å². The van der Waals surface area contributed by atoms with E-state index in [4.69, 9.17) is 5.73 Å². The van der Waals surface area contributed by atoms with Crippen LogP contribution < -0.4 is 10.6 Å². The largest absolute Gasteiger partial charge is 0.383 e. The van der Waals surface area contributed by atoms with Crippen molar-refractivity contribution in [2.24, 2.45) is 0 Å². The number of anilines is 2. The first-order valence-electron chi connectivity index (χ1n) is 6.43. The van der Waals surface area contributed by atoms with Gasteiger partial charge in [0, 0.05) is 19.2 Å². The van der Waals surface area contributed by atoms with E-state index in [1.807, 2.05) is 27.0 Å². The summed E-state index contributed by atoms with van der Waals surface area (Å²) in [6.07, 6.45) is 0.986. The third-order valence-electron chi connectivity index (χ3n) is 3.21. The summed E-state index contributed by atoms with van der Waals surface area (Å²) < 4.78 is 0. The third-order valence-corrected chi connectivity index (χ3v) is 3.21. The van der Waals surface area contributed by atoms with Crippen LogP contribution in [0.1, 0.15) is 17.0 Å². The van der Waals surface area contributed by atoms with Crippen molar-refractivity contribution >= 4 is 11.6 Å². The quantitative estimate of drug-likeness (QED) is 0.912. The highest BCUT2D eigenvalue weighted by atomic mass is 15.2. The van der Waals surface area contributed by atoms with Crippen molar-refractivity contribution in [2.75, 3.05) is 24.2 Å². The first-order chi connectivity index (χ1) is 9.08. The molecule has 2 rings (SSSR count). The molecule has 1 aromatic carbocycles. The molecule has 0 aliphatic rings. The number of likely N-dealkylation sites (N-methyl/N-ethyl adjacent to an activating group) is 1. The maximum atomic E-state index is 5.89. The van der Waals surface area contributed by atoms with E-state index in [9.17, 15) is 0 Å². The number of nitrogens with two attached hydrogens (primary N) is 1. The van der Waals surface area contributed by atoms with E-state index in [0.29, 0.717) is 11.6 Å². The molecule has 0 amide bonds. The standard InChI is InChI=1S/C15H20N4/c1-11-14(16)17-12(2)18-15(11)19(3)10-9-13-7-5-4-6-8-13/h4-8H,9-10H2,1-3H3,(H2,16,17,18). The van der Waals surface area contributed by atoms with E-state index in [1.54, 1.807) is 0 Å². The van der Waals surface area contributed by atoms with Gasteiger partial charge in [0.25, 0.3) is 0 Å². The summed E-state index contributed by atoms with van der Waals surface area (Å²) in [5, 5.41) is 0. The van der Waals surface area contributed by atoms with Gasteiger partial charge in [-0.3, -0.25) is 0 Å². The predicted octanol–water partition coefficient (Wildman–Crippen LogP) is 2.35. The number of aryl methyl sites for hydroxylation is 1. The number of nitrogen functional groups attached to an aromatic ring is 1. The summed E-state index contributed by atoms with van der Waals surface area (Å²) in [5.74, 6) is 2.19. The van der Waals surface area contributed by atoms with Crippen LogP contribution in [-0.2, 0) is 6.42 Å². The van der Waals surface area contributed by atoms with E-state index in [1.165, 1.54) is 5.56 Å². The lowest BCUT2D eigenvalue weighted by molar-refractivity contribution is 0.843. The van der Waals surface area contributed by atoms with Crippen LogP contribution in [0.15, 0.2) is 30.3 Å². The van der Waals surface area contributed by atoms with Crippen molar-refractivity contribution in [3.05, 3.63) is 47.3 Å². The molecular weight excluding hydrogens is 236 g/mol. The van der Waals surface area contributed by atoms with Crippen molar-refractivity contribution in [3.8, 4) is 0 Å². The highest BCUT2D eigenvalue weighted by Crippen LogP contribution is 2.20. The Morgan fingerprint density at radius 2 is 1.79 bits per heavy atom. The Bertz CT molecular complexity index is 552. The van der Waals surface area contributed by atoms with Gasteiger partial charge in [0.05, 0.1) is 0 Å². The molecule has 0 saturated carbocycles. The topological polar surface area (TPSA) is 55.0 Å². The smallest absolute Gasteiger partial charge is 0.137 e. The van der Waals surface area contributed by atoms with Gasteiger partial charge in [-0.25, -0.2) is 9.97 Å². The molecule has 2 N–H and O–H groups in total. The Morgan fingerprint density at radius 3 is 2.47 bits per heavy atom. The Hall–Kier alpha value is -2.10. The van der Waals surface area contributed by atoms with Gasteiger partial charge in [-0.1, -0.05) is 30.3 Å². The lowest BCUT2D eigenvalue weighted by Crippen LogP contribution is -2.23. The number of benzene rings is 1. The van der Waals surface area contributed by atoms with Crippen LogP contribution in [-0.4, -0.2) is 23.6 Å². The van der Waals surface area contributed by atoms with Crippen LogP contribution in [0.5, 0.6) is 0 Å². The molecule has 2 aromatic rings. The molecule has 0 aliphatic carbocycles. The van der Waals surface area contributed by atoms with Gasteiger partial charge in [-0.15, -0.1) is 0 Å². The predicted molar refractivity (Wildman–Crippen MR) is 79.3 cm³/mol. The minimum atomic E-state index is 0.564. The fourth-order valence-corrected chi connectivity index (χ4v) is 2.05. The van der Waals surface area contributed by atoms with E-state index >= 15 is 0 Å². The molecule has 0 aliphatic heterocycles. The second kappa shape index (κ2) is 5.69. The molecule has 0 unspecified atom stereocenters. The lowest BCUT2D eigenvalue weighted by Gasteiger charge is -2.21. The molecule has 4 nitrogen and oxygen atoms in total. The average molecular weight is 256 g/mol. The monoisotopic (exact) mass is 256 g/mol. The van der Waals surface area contributed by atoms with E-state index in [2.05, 4.69) is 39.1 Å². The van der Waals surface area contributed by atoms with E-state index < -0.39 is 0 Å². The van der Waals surface area contributed by atoms with Gasteiger partial charge in [0.2, 0.25) is 0 Å². The SMILES string of the molecule is Cc1nc(N)c(C)c(N(C)CCc2ccccc2)n1. The third kappa shape index (κ3) is 3.22. The fourth-order valence-electron chi connectivity index (χ4n) is 2.05. The molecule has 100 valence electrons. The van der Waals surface area contributed by atoms with Crippen molar-refractivity contribution in [3.63, 3.8) is 0 Å². The molecule has 1 aromatic heterocycles. The highest BCUT2D eigenvalue weighted by Gasteiger charge is 2.10. The summed E-state index contributed by atoms with van der Waals surface area (Å²) in [6, 6.07) is 10.4. The molecule has 0 radical (unpaired) electrons. The van der Waals surface area contributed by atoms with Crippen LogP contribution in [0.4, 0.5) is 11.6 Å². The minimum absolute atomic E-state index is 0.564. The Balaban J connectivity index is 2.10. The molecule has 0 fully saturated rings. The number of hydrogen-bond donors (Lipinski definition) is 1. The number of aromatic nitrogens is 2. The van der Waals surface area contributed by atoms with Crippen LogP contribution in [0, 0.1) is 13.8 Å². The zero-order chi connectivity index (χ0) is 13.8. The maximum Gasteiger partial charge on any atom is 0.137 e. The number of nitrogens with zero attached hydrogens (tertiary/aromatic N) is 3. The van der Waals surface area contributed by atoms with Gasteiger partial charge in [0.15, 0.2) is 0 Å². The van der Waals surface area contributed by atoms with Crippen LogP contribution >= 0.6 is 0 Å². The first-order valence-corrected chi connectivity index (χ1v) is 6.43. The molecule has 0 atom stereocenters. The molecular formula is C15H20N4. The maximum absolute atomic E-state index is 5.89. The van der Waals surface area contributed by atoms with Crippen molar-refractivity contribution in [2.45, 2.75) is 20.3 Å². The van der Waals surface area contributed by atoms with E-state index in [-0.39, 0.29) is 0 Å². The Morgan fingerprint density at radius 1 is 1.11 bits per heavy atom. The summed E-state index contributed by atoms with van der Waals surface area (Å²) in [4.78, 5) is 10.8. The normalized spacial score (nSPS) is 10.5. The van der Waals surface area contributed by atoms with Crippen LogP contribution in [0.25, 0.3) is 0 Å². The van der Waals surface area contributed by atoms with Crippen molar-refractivity contribution < 1.29 is 0 Å². The zero-order valence-electron chi connectivity index (χ0n) is 11.7. The number of rotatable bonds is 4. The Labute approximate surface area is 114 Å². The fraction of sp³-hybridized carbons (Fsp3) is 0.333. The summed E-state index contributed by atoms with van der Waals surface area (Å²) in [7, 11) is 2.04. The molecule has 1 heterocycles. The van der Waals surface area contributed by atoms with E-state index in [0.717, 1.165) is 24.3 Å². The molecule has 0 spiro atoms. The van der Waals surface area contributed by atoms with Crippen LogP contribution in [0.2, 0.25) is 0 Å². The van der Waals surface area contributed by atoms with Gasteiger partial charge in [0.1, 0.15) is 17.5 Å². The van der Waals surface area contributed by atoms with Gasteiger partial charge in [-0.05, 0) is 25.8 Å². The van der Waals surface area contributed by atoms with Gasteiger partial charge >= 0.3 is 0 Å². The molecule has 0 saturated heterocycles. The van der Waals surface area contributed by atoms with Gasteiger partial charge in [-0.2, -0.15) is 0 Å². The summed E-state index contributed by atoms with van der Waals surface area (Å²) >= 11 is 0. The summed E-state index contributed by atoms with van der Waals surface area (Å²) in [5.41, 5.74) is 8.16. The Kier molecular flexibility index (Phi) is 4.00. The molecule has 19 heavy (non-hydrogen) atoms. The molecule has 0 bridgehead atoms. The van der Waals surface area contributed by atoms with Crippen molar-refractivity contribution in [1.29, 1.82) is 0 Å². The highest BCUT2D eigenvalue weighted by molar-refractivity contribution is 5.56. The average Bonchev–Trinajstić information content (AvgIpc) is 2.41. The summed E-state index contributed by atoms with van der Waals surface area (Å²) in [6.45, 7) is 4.73. The molecule has 4 heteroatoms. The van der Waals surface area contributed by atoms with Crippen LogP contribution in [0.3, 0.4) is 0 Å². The number of hydrogen-bond acceptors (Lipinski definition) is 4. The lowest BCUT2D eigenvalue weighted by atomic mass is 10.1.